The Bertz CT molecular complexity index is 728. The van der Waals surface area contributed by atoms with Gasteiger partial charge in [0.1, 0.15) is 5.75 Å². The van der Waals surface area contributed by atoms with E-state index in [4.69, 9.17) is 4.74 Å². The number of hydrogen-bond acceptors (Lipinski definition) is 7. The Morgan fingerprint density at radius 3 is 2.52 bits per heavy atom. The number of benzene rings is 1. The zero-order valence-electron chi connectivity index (χ0n) is 16.6. The largest absolute Gasteiger partial charge is 0.495 e. The quantitative estimate of drug-likeness (QED) is 0.569. The van der Waals surface area contributed by atoms with Gasteiger partial charge in [0.25, 0.3) is 0 Å². The van der Waals surface area contributed by atoms with Crippen LogP contribution in [0.1, 0.15) is 40.5 Å². The molecule has 6 nitrogen and oxygen atoms in total. The predicted molar refractivity (Wildman–Crippen MR) is 113 cm³/mol. The van der Waals surface area contributed by atoms with Gasteiger partial charge >= 0.3 is 0 Å². The smallest absolute Gasteiger partial charge is 0.233 e. The molecular formula is C19H28N4O2S2. The maximum absolute atomic E-state index is 12.7. The van der Waals surface area contributed by atoms with Crippen molar-refractivity contribution in [3.8, 4) is 5.75 Å². The van der Waals surface area contributed by atoms with Gasteiger partial charge in [0, 0.05) is 12.1 Å². The number of nitrogens with zero attached hydrogens (tertiary/aromatic N) is 3. The summed E-state index contributed by atoms with van der Waals surface area (Å²) in [5.74, 6) is 1.27. The van der Waals surface area contributed by atoms with E-state index >= 15 is 0 Å². The fraction of sp³-hybridized carbons (Fsp3) is 0.526. The van der Waals surface area contributed by atoms with Crippen molar-refractivity contribution in [2.75, 3.05) is 18.2 Å². The summed E-state index contributed by atoms with van der Waals surface area (Å²) in [7, 11) is 1.63. The molecular weight excluding hydrogens is 380 g/mol. The van der Waals surface area contributed by atoms with Gasteiger partial charge in [-0.3, -0.25) is 4.79 Å². The number of thioether (sulfide) groups is 1. The molecule has 0 aliphatic heterocycles. The Kier molecular flexibility index (Phi) is 8.37. The number of rotatable bonds is 10. The fourth-order valence-corrected chi connectivity index (χ4v) is 4.33. The molecule has 8 heteroatoms. The molecule has 1 aromatic carbocycles. The predicted octanol–water partition coefficient (Wildman–Crippen LogP) is 4.81. The zero-order valence-corrected chi connectivity index (χ0v) is 18.2. The molecule has 27 heavy (non-hydrogen) atoms. The van der Waals surface area contributed by atoms with E-state index in [2.05, 4.69) is 43.2 Å². The van der Waals surface area contributed by atoms with E-state index in [0.717, 1.165) is 28.6 Å². The summed E-state index contributed by atoms with van der Waals surface area (Å²) in [6.45, 7) is 8.44. The number of carbonyl (C=O) groups excluding carboxylic acids is 1. The van der Waals surface area contributed by atoms with Gasteiger partial charge in [-0.05, 0) is 38.8 Å². The minimum atomic E-state index is 0.151. The molecule has 0 bridgehead atoms. The molecule has 0 saturated heterocycles. The van der Waals surface area contributed by atoms with Gasteiger partial charge in [0.15, 0.2) is 4.34 Å². The number of ether oxygens (including phenoxy) is 1. The second-order valence-electron chi connectivity index (χ2n) is 6.30. The van der Waals surface area contributed by atoms with Crippen LogP contribution < -0.4 is 10.1 Å². The monoisotopic (exact) mass is 408 g/mol. The lowest BCUT2D eigenvalue weighted by Crippen LogP contribution is -2.45. The first-order valence-electron chi connectivity index (χ1n) is 9.17. The molecule has 0 aliphatic rings. The highest BCUT2D eigenvalue weighted by molar-refractivity contribution is 8.01. The number of nitrogens with one attached hydrogen (secondary N) is 1. The van der Waals surface area contributed by atoms with Crippen molar-refractivity contribution in [1.82, 2.24) is 15.1 Å². The summed E-state index contributed by atoms with van der Waals surface area (Å²) in [5, 5.41) is 12.3. The van der Waals surface area contributed by atoms with Gasteiger partial charge in [0.2, 0.25) is 11.0 Å². The van der Waals surface area contributed by atoms with Crippen molar-refractivity contribution >= 4 is 39.8 Å². The second-order valence-corrected chi connectivity index (χ2v) is 8.50. The lowest BCUT2D eigenvalue weighted by atomic mass is 10.1. The summed E-state index contributed by atoms with van der Waals surface area (Å²) >= 11 is 2.87. The fourth-order valence-electron chi connectivity index (χ4n) is 2.70. The molecule has 1 amide bonds. The number of methoxy groups -OCH3 is 1. The second kappa shape index (κ2) is 10.5. The molecule has 148 valence electrons. The molecule has 1 aromatic heterocycles. The summed E-state index contributed by atoms with van der Waals surface area (Å²) in [5.41, 5.74) is 0.837. The molecule has 0 unspecified atom stereocenters. The first-order chi connectivity index (χ1) is 13.0. The number of amides is 1. The van der Waals surface area contributed by atoms with Crippen molar-refractivity contribution in [3.05, 3.63) is 24.3 Å². The van der Waals surface area contributed by atoms with Crippen LogP contribution >= 0.6 is 23.1 Å². The zero-order chi connectivity index (χ0) is 19.8. The highest BCUT2D eigenvalue weighted by atomic mass is 32.2. The number of para-hydroxylation sites is 2. The average molecular weight is 409 g/mol. The average Bonchev–Trinajstić information content (AvgIpc) is 3.13. The van der Waals surface area contributed by atoms with E-state index in [1.54, 1.807) is 7.11 Å². The van der Waals surface area contributed by atoms with Gasteiger partial charge in [0.05, 0.1) is 18.6 Å². The number of hydrogen-bond donors (Lipinski definition) is 1. The number of anilines is 2. The SMILES string of the molecule is CC[C@@H](C)N(C(=O)CSc1nnc(Nc2ccccc2OC)s1)[C@H](C)CC. The van der Waals surface area contributed by atoms with E-state index in [9.17, 15) is 4.79 Å². The summed E-state index contributed by atoms with van der Waals surface area (Å²) in [6.07, 6.45) is 1.90. The van der Waals surface area contributed by atoms with Crippen LogP contribution in [0.25, 0.3) is 0 Å². The van der Waals surface area contributed by atoms with Gasteiger partial charge in [-0.2, -0.15) is 0 Å². The van der Waals surface area contributed by atoms with Gasteiger partial charge in [-0.15, -0.1) is 10.2 Å². The van der Waals surface area contributed by atoms with Crippen LogP contribution in [0.15, 0.2) is 28.6 Å². The van der Waals surface area contributed by atoms with Gasteiger partial charge in [-0.25, -0.2) is 0 Å². The minimum Gasteiger partial charge on any atom is -0.495 e. The van der Waals surface area contributed by atoms with E-state index in [0.29, 0.717) is 10.9 Å². The molecule has 1 heterocycles. The van der Waals surface area contributed by atoms with E-state index in [1.165, 1.54) is 23.1 Å². The van der Waals surface area contributed by atoms with E-state index in [-0.39, 0.29) is 18.0 Å². The molecule has 0 fully saturated rings. The Labute approximate surface area is 169 Å². The molecule has 0 saturated carbocycles. The van der Waals surface area contributed by atoms with Crippen LogP contribution in [0.2, 0.25) is 0 Å². The summed E-state index contributed by atoms with van der Waals surface area (Å²) in [4.78, 5) is 14.7. The maximum Gasteiger partial charge on any atom is 0.233 e. The molecule has 2 rings (SSSR count). The van der Waals surface area contributed by atoms with E-state index < -0.39 is 0 Å². The lowest BCUT2D eigenvalue weighted by Gasteiger charge is -2.33. The van der Waals surface area contributed by atoms with E-state index in [1.807, 2.05) is 29.2 Å². The number of carbonyl (C=O) groups is 1. The molecule has 1 N–H and O–H groups in total. The summed E-state index contributed by atoms with van der Waals surface area (Å²) in [6, 6.07) is 8.13. The minimum absolute atomic E-state index is 0.151. The van der Waals surface area contributed by atoms with Crippen LogP contribution in [-0.4, -0.2) is 46.0 Å². The Morgan fingerprint density at radius 1 is 1.22 bits per heavy atom. The van der Waals surface area contributed by atoms with Crippen molar-refractivity contribution < 1.29 is 9.53 Å². The molecule has 0 spiro atoms. The van der Waals surface area contributed by atoms with Crippen molar-refractivity contribution in [3.63, 3.8) is 0 Å². The summed E-state index contributed by atoms with van der Waals surface area (Å²) < 4.78 is 6.11. The number of aromatic nitrogens is 2. The standard InChI is InChI=1S/C19H28N4O2S2/c1-6-13(3)23(14(4)7-2)17(24)12-26-19-22-21-18(27-19)20-15-10-8-9-11-16(15)25-5/h8-11,13-14H,6-7,12H2,1-5H3,(H,20,21)/t13-,14-/m1/s1. The first kappa shape index (κ1) is 21.5. The highest BCUT2D eigenvalue weighted by Crippen LogP contribution is 2.31. The van der Waals surface area contributed by atoms with Crippen molar-refractivity contribution in [2.45, 2.75) is 57.0 Å². The van der Waals surface area contributed by atoms with Crippen molar-refractivity contribution in [1.29, 1.82) is 0 Å². The van der Waals surface area contributed by atoms with Crippen LogP contribution in [0.3, 0.4) is 0 Å². The molecule has 0 aliphatic carbocycles. The lowest BCUT2D eigenvalue weighted by molar-refractivity contribution is -0.132. The van der Waals surface area contributed by atoms with Crippen molar-refractivity contribution in [2.24, 2.45) is 0 Å². The third-order valence-electron chi connectivity index (χ3n) is 4.49. The van der Waals surface area contributed by atoms with Crippen LogP contribution in [-0.2, 0) is 4.79 Å². The van der Waals surface area contributed by atoms with Crippen LogP contribution in [0.4, 0.5) is 10.8 Å². The van der Waals surface area contributed by atoms with Gasteiger partial charge < -0.3 is 15.0 Å². The maximum atomic E-state index is 12.7. The molecule has 2 aromatic rings. The Balaban J connectivity index is 1.98. The van der Waals surface area contributed by atoms with Crippen LogP contribution in [0, 0.1) is 0 Å². The topological polar surface area (TPSA) is 67.4 Å². The molecule has 2 atom stereocenters. The van der Waals surface area contributed by atoms with Crippen LogP contribution in [0.5, 0.6) is 5.75 Å². The third-order valence-corrected chi connectivity index (χ3v) is 6.45. The third kappa shape index (κ3) is 5.84. The first-order valence-corrected chi connectivity index (χ1v) is 11.0. The molecule has 0 radical (unpaired) electrons. The normalized spacial score (nSPS) is 13.1. The Hall–Kier alpha value is -1.80. The highest BCUT2D eigenvalue weighted by Gasteiger charge is 2.23. The Morgan fingerprint density at radius 2 is 1.89 bits per heavy atom. The van der Waals surface area contributed by atoms with Gasteiger partial charge in [-0.1, -0.05) is 49.1 Å².